The van der Waals surface area contributed by atoms with Gasteiger partial charge in [-0.25, -0.2) is 0 Å². The summed E-state index contributed by atoms with van der Waals surface area (Å²) >= 11 is 13.2. The fourth-order valence-corrected chi connectivity index (χ4v) is 3.08. The molecule has 2 nitrogen and oxygen atoms in total. The van der Waals surface area contributed by atoms with Crippen LogP contribution in [0.5, 0.6) is 5.75 Å². The summed E-state index contributed by atoms with van der Waals surface area (Å²) in [5.41, 5.74) is 2.29. The molecule has 0 bridgehead atoms. The van der Waals surface area contributed by atoms with E-state index in [2.05, 4.69) is 37.9 Å². The second kappa shape index (κ2) is 8.18. The molecule has 2 aromatic rings. The summed E-state index contributed by atoms with van der Waals surface area (Å²) in [6.07, 6.45) is 0. The van der Waals surface area contributed by atoms with Crippen LogP contribution in [0.15, 0.2) is 46.9 Å². The van der Waals surface area contributed by atoms with Gasteiger partial charge in [-0.3, -0.25) is 0 Å². The number of hydrogen-bond acceptors (Lipinski definition) is 2. The zero-order valence-electron chi connectivity index (χ0n) is 11.5. The van der Waals surface area contributed by atoms with E-state index in [-0.39, 0.29) is 4.83 Å². The lowest BCUT2D eigenvalue weighted by atomic mass is 10.0. The van der Waals surface area contributed by atoms with Crippen molar-refractivity contribution in [3.63, 3.8) is 0 Å². The quantitative estimate of drug-likeness (QED) is 0.434. The van der Waals surface area contributed by atoms with Crippen molar-refractivity contribution in [3.8, 4) is 5.75 Å². The first-order chi connectivity index (χ1) is 10.1. The highest BCUT2D eigenvalue weighted by molar-refractivity contribution is 9.10. The molecule has 1 unspecified atom stereocenters. The lowest BCUT2D eigenvalue weighted by molar-refractivity contribution is 0.146. The monoisotopic (exact) mass is 432 g/mol. The van der Waals surface area contributed by atoms with Gasteiger partial charge in [0.25, 0.3) is 0 Å². The number of methoxy groups -OCH3 is 1. The summed E-state index contributed by atoms with van der Waals surface area (Å²) in [5, 5.41) is 0.738. The predicted molar refractivity (Wildman–Crippen MR) is 93.7 cm³/mol. The molecule has 2 rings (SSSR count). The molecule has 0 saturated heterocycles. The molecular weight excluding hydrogens is 419 g/mol. The molecule has 0 aromatic heterocycles. The Bertz CT molecular complexity index is 587. The van der Waals surface area contributed by atoms with Crippen LogP contribution in [0.4, 0.5) is 0 Å². The smallest absolute Gasteiger partial charge is 0.133 e. The molecular formula is C16H15Br2ClO2. The average molecular weight is 435 g/mol. The highest BCUT2D eigenvalue weighted by Gasteiger charge is 2.12. The Balaban J connectivity index is 2.13. The molecule has 21 heavy (non-hydrogen) atoms. The summed E-state index contributed by atoms with van der Waals surface area (Å²) in [5.74, 6) is 0.812. The van der Waals surface area contributed by atoms with E-state index in [4.69, 9.17) is 21.1 Å². The van der Waals surface area contributed by atoms with E-state index in [0.29, 0.717) is 13.2 Å². The third-order valence-electron chi connectivity index (χ3n) is 2.96. The Morgan fingerprint density at radius 3 is 2.33 bits per heavy atom. The number of ether oxygens (including phenoxy) is 2. The molecule has 2 aromatic carbocycles. The van der Waals surface area contributed by atoms with E-state index in [0.717, 1.165) is 26.4 Å². The zero-order valence-corrected chi connectivity index (χ0v) is 15.4. The number of halogens is 3. The maximum atomic E-state index is 5.92. The van der Waals surface area contributed by atoms with Gasteiger partial charge in [0.2, 0.25) is 0 Å². The van der Waals surface area contributed by atoms with E-state index in [9.17, 15) is 0 Å². The molecule has 112 valence electrons. The van der Waals surface area contributed by atoms with Gasteiger partial charge in [-0.2, -0.15) is 0 Å². The minimum atomic E-state index is 0.110. The van der Waals surface area contributed by atoms with E-state index in [1.54, 1.807) is 7.11 Å². The zero-order chi connectivity index (χ0) is 15.2. The Labute approximate surface area is 146 Å². The molecule has 5 heteroatoms. The summed E-state index contributed by atoms with van der Waals surface area (Å²) < 4.78 is 11.5. The highest BCUT2D eigenvalue weighted by Crippen LogP contribution is 2.35. The number of alkyl halides is 1. The van der Waals surface area contributed by atoms with Gasteiger partial charge < -0.3 is 9.47 Å². The second-order valence-corrected chi connectivity index (χ2v) is 6.65. The van der Waals surface area contributed by atoms with Crippen molar-refractivity contribution in [3.05, 3.63) is 63.1 Å². The van der Waals surface area contributed by atoms with Crippen molar-refractivity contribution < 1.29 is 9.47 Å². The van der Waals surface area contributed by atoms with E-state index >= 15 is 0 Å². The van der Waals surface area contributed by atoms with E-state index in [1.165, 1.54) is 0 Å². The summed E-state index contributed by atoms with van der Waals surface area (Å²) in [6.45, 7) is 1.10. The van der Waals surface area contributed by atoms with Gasteiger partial charge in [0.15, 0.2) is 0 Å². The molecule has 0 N–H and O–H groups in total. The van der Waals surface area contributed by atoms with Gasteiger partial charge in [-0.05, 0) is 51.3 Å². The van der Waals surface area contributed by atoms with Crippen LogP contribution in [-0.2, 0) is 4.74 Å². The lowest BCUT2D eigenvalue weighted by Crippen LogP contribution is -2.04. The van der Waals surface area contributed by atoms with Crippen molar-refractivity contribution in [1.82, 2.24) is 0 Å². The van der Waals surface area contributed by atoms with Crippen LogP contribution in [0.1, 0.15) is 16.0 Å². The van der Waals surface area contributed by atoms with Gasteiger partial charge in [-0.15, -0.1) is 0 Å². The first-order valence-corrected chi connectivity index (χ1v) is 8.51. The molecule has 0 heterocycles. The van der Waals surface area contributed by atoms with Crippen molar-refractivity contribution in [2.24, 2.45) is 0 Å². The van der Waals surface area contributed by atoms with Crippen LogP contribution in [0.3, 0.4) is 0 Å². The van der Waals surface area contributed by atoms with Gasteiger partial charge in [0.05, 0.1) is 15.9 Å². The molecule has 0 saturated carbocycles. The van der Waals surface area contributed by atoms with Crippen LogP contribution in [-0.4, -0.2) is 20.3 Å². The Morgan fingerprint density at radius 1 is 1.05 bits per heavy atom. The summed E-state index contributed by atoms with van der Waals surface area (Å²) in [7, 11) is 1.66. The average Bonchev–Trinajstić information content (AvgIpc) is 2.49. The maximum Gasteiger partial charge on any atom is 0.133 e. The van der Waals surface area contributed by atoms with Gasteiger partial charge in [0.1, 0.15) is 12.4 Å². The Morgan fingerprint density at radius 2 is 1.71 bits per heavy atom. The van der Waals surface area contributed by atoms with Crippen LogP contribution in [0.2, 0.25) is 5.02 Å². The lowest BCUT2D eigenvalue weighted by Gasteiger charge is -2.14. The van der Waals surface area contributed by atoms with Crippen LogP contribution in [0, 0.1) is 0 Å². The number of hydrogen-bond donors (Lipinski definition) is 0. The Kier molecular flexibility index (Phi) is 6.55. The third-order valence-corrected chi connectivity index (χ3v) is 4.89. The van der Waals surface area contributed by atoms with Gasteiger partial charge >= 0.3 is 0 Å². The van der Waals surface area contributed by atoms with Crippen LogP contribution >= 0.6 is 43.5 Å². The second-order valence-electron chi connectivity index (χ2n) is 4.45. The first kappa shape index (κ1) is 16.8. The van der Waals surface area contributed by atoms with E-state index < -0.39 is 0 Å². The fourth-order valence-electron chi connectivity index (χ4n) is 1.85. The normalized spacial score (nSPS) is 12.2. The topological polar surface area (TPSA) is 18.5 Å². The number of rotatable bonds is 6. The largest absolute Gasteiger partial charge is 0.490 e. The molecule has 0 aliphatic carbocycles. The molecule has 0 radical (unpaired) electrons. The van der Waals surface area contributed by atoms with Gasteiger partial charge in [-0.1, -0.05) is 45.7 Å². The number of benzene rings is 2. The summed E-state index contributed by atoms with van der Waals surface area (Å²) in [6, 6.07) is 13.9. The van der Waals surface area contributed by atoms with Crippen molar-refractivity contribution in [2.45, 2.75) is 4.83 Å². The fraction of sp³-hybridized carbons (Fsp3) is 0.250. The van der Waals surface area contributed by atoms with Crippen LogP contribution in [0.25, 0.3) is 0 Å². The molecule has 0 amide bonds. The maximum absolute atomic E-state index is 5.92. The molecule has 0 spiro atoms. The van der Waals surface area contributed by atoms with Crippen molar-refractivity contribution in [1.29, 1.82) is 0 Å². The van der Waals surface area contributed by atoms with Crippen molar-refractivity contribution >= 4 is 43.5 Å². The SMILES string of the molecule is COCCOc1ccc(C(Br)c2ccc(Cl)cc2)cc1Br. The summed E-state index contributed by atoms with van der Waals surface area (Å²) in [4.78, 5) is 0.110. The Hall–Kier alpha value is -0.550. The third kappa shape index (κ3) is 4.71. The molecule has 0 aliphatic heterocycles. The minimum Gasteiger partial charge on any atom is -0.490 e. The first-order valence-electron chi connectivity index (χ1n) is 6.42. The molecule has 0 aliphatic rings. The van der Waals surface area contributed by atoms with Gasteiger partial charge in [0, 0.05) is 12.1 Å². The predicted octanol–water partition coefficient (Wildman–Crippen LogP) is 5.61. The van der Waals surface area contributed by atoms with Crippen LogP contribution < -0.4 is 4.74 Å². The van der Waals surface area contributed by atoms with E-state index in [1.807, 2.05) is 36.4 Å². The molecule has 0 fully saturated rings. The molecule has 1 atom stereocenters. The highest BCUT2D eigenvalue weighted by atomic mass is 79.9. The van der Waals surface area contributed by atoms with Crippen molar-refractivity contribution in [2.75, 3.05) is 20.3 Å². The minimum absolute atomic E-state index is 0.110. The standard InChI is InChI=1S/C16H15Br2ClO2/c1-20-8-9-21-15-7-4-12(10-14(15)17)16(18)11-2-5-13(19)6-3-11/h2-7,10,16H,8-9H2,1H3.